The third-order valence-corrected chi connectivity index (χ3v) is 4.87. The number of rotatable bonds is 8. The first-order chi connectivity index (χ1) is 6.52. The lowest BCUT2D eigenvalue weighted by Crippen LogP contribution is -2.33. The average Bonchev–Trinajstić information content (AvgIpc) is 2.12. The second-order valence-electron chi connectivity index (χ2n) is 3.59. The maximum absolute atomic E-state index is 11.1. The molecule has 0 amide bonds. The Hall–Kier alpha value is 0.390. The molecule has 3 nitrogen and oxygen atoms in total. The van der Waals surface area contributed by atoms with Gasteiger partial charge in [-0.15, -0.1) is 0 Å². The standard InChI is InChI=1S/C9H20BrNO2S/c1-3-4-5-6-7-9(2)11-14(12,13)8-10/h9,11H,3-8H2,1-2H3. The van der Waals surface area contributed by atoms with Gasteiger partial charge in [-0.25, -0.2) is 13.1 Å². The van der Waals surface area contributed by atoms with Gasteiger partial charge in [-0.3, -0.25) is 0 Å². The van der Waals surface area contributed by atoms with E-state index in [1.165, 1.54) is 19.3 Å². The van der Waals surface area contributed by atoms with Crippen molar-refractivity contribution < 1.29 is 8.42 Å². The van der Waals surface area contributed by atoms with Gasteiger partial charge in [-0.1, -0.05) is 48.5 Å². The van der Waals surface area contributed by atoms with Crippen molar-refractivity contribution in [3.8, 4) is 0 Å². The van der Waals surface area contributed by atoms with E-state index in [-0.39, 0.29) is 10.7 Å². The van der Waals surface area contributed by atoms with Crippen LogP contribution in [0.25, 0.3) is 0 Å². The summed E-state index contributed by atoms with van der Waals surface area (Å²) in [5.41, 5.74) is 0. The third-order valence-electron chi connectivity index (χ3n) is 2.02. The molecule has 0 saturated carbocycles. The first-order valence-corrected chi connectivity index (χ1v) is 7.85. The zero-order chi connectivity index (χ0) is 11.0. The summed E-state index contributed by atoms with van der Waals surface area (Å²) in [7, 11) is -3.09. The average molecular weight is 286 g/mol. The molecule has 0 saturated heterocycles. The number of nitrogens with one attached hydrogen (secondary N) is 1. The van der Waals surface area contributed by atoms with Crippen molar-refractivity contribution in [2.24, 2.45) is 0 Å². The molecule has 0 aliphatic rings. The number of halogens is 1. The molecule has 1 N–H and O–H groups in total. The number of sulfonamides is 1. The number of hydrogen-bond donors (Lipinski definition) is 1. The molecular weight excluding hydrogens is 266 g/mol. The molecule has 86 valence electrons. The van der Waals surface area contributed by atoms with E-state index in [1.54, 1.807) is 0 Å². The van der Waals surface area contributed by atoms with Crippen LogP contribution in [0.4, 0.5) is 0 Å². The molecule has 0 rings (SSSR count). The van der Waals surface area contributed by atoms with Crippen molar-refractivity contribution in [1.29, 1.82) is 0 Å². The molecule has 0 radical (unpaired) electrons. The van der Waals surface area contributed by atoms with E-state index in [0.29, 0.717) is 0 Å². The van der Waals surface area contributed by atoms with Crippen molar-refractivity contribution in [2.75, 3.05) is 4.66 Å². The van der Waals surface area contributed by atoms with E-state index in [9.17, 15) is 8.42 Å². The summed E-state index contributed by atoms with van der Waals surface area (Å²) in [6.45, 7) is 4.07. The Morgan fingerprint density at radius 1 is 1.29 bits per heavy atom. The summed E-state index contributed by atoms with van der Waals surface area (Å²) >= 11 is 2.94. The largest absolute Gasteiger partial charge is 0.221 e. The quantitative estimate of drug-likeness (QED) is 0.550. The molecule has 0 aromatic carbocycles. The second kappa shape index (κ2) is 7.65. The monoisotopic (exact) mass is 285 g/mol. The Balaban J connectivity index is 3.60. The Kier molecular flexibility index (Phi) is 7.86. The van der Waals surface area contributed by atoms with E-state index >= 15 is 0 Å². The first kappa shape index (κ1) is 14.4. The van der Waals surface area contributed by atoms with Crippen LogP contribution in [0.15, 0.2) is 0 Å². The number of unbranched alkanes of at least 4 members (excludes halogenated alkanes) is 3. The van der Waals surface area contributed by atoms with Crippen LogP contribution < -0.4 is 4.72 Å². The molecule has 1 atom stereocenters. The molecule has 0 spiro atoms. The van der Waals surface area contributed by atoms with Crippen LogP contribution in [-0.2, 0) is 10.0 Å². The Morgan fingerprint density at radius 2 is 1.93 bits per heavy atom. The fourth-order valence-electron chi connectivity index (χ4n) is 1.27. The molecule has 14 heavy (non-hydrogen) atoms. The van der Waals surface area contributed by atoms with Gasteiger partial charge < -0.3 is 0 Å². The van der Waals surface area contributed by atoms with E-state index in [2.05, 4.69) is 27.6 Å². The Labute approximate surface area is 95.8 Å². The summed E-state index contributed by atoms with van der Waals surface area (Å²) in [5.74, 6) is 0. The van der Waals surface area contributed by atoms with Gasteiger partial charge in [0.2, 0.25) is 10.0 Å². The molecule has 0 fully saturated rings. The van der Waals surface area contributed by atoms with Crippen LogP contribution in [0.3, 0.4) is 0 Å². The van der Waals surface area contributed by atoms with E-state index in [4.69, 9.17) is 0 Å². The molecule has 0 heterocycles. The van der Waals surface area contributed by atoms with Crippen LogP contribution >= 0.6 is 15.9 Å². The fraction of sp³-hybridized carbons (Fsp3) is 1.00. The van der Waals surface area contributed by atoms with Crippen LogP contribution in [-0.4, -0.2) is 19.1 Å². The predicted molar refractivity (Wildman–Crippen MR) is 64.1 cm³/mol. The molecule has 0 aromatic rings. The summed E-state index contributed by atoms with van der Waals surface area (Å²) in [4.78, 5) is 0. The smallest absolute Gasteiger partial charge is 0.212 e. The summed E-state index contributed by atoms with van der Waals surface area (Å²) in [6, 6.07) is 0.0504. The Morgan fingerprint density at radius 3 is 2.43 bits per heavy atom. The highest BCUT2D eigenvalue weighted by Crippen LogP contribution is 2.06. The molecule has 0 aliphatic carbocycles. The van der Waals surface area contributed by atoms with Crippen molar-refractivity contribution >= 4 is 26.0 Å². The lowest BCUT2D eigenvalue weighted by Gasteiger charge is -2.12. The highest BCUT2D eigenvalue weighted by molar-refractivity contribution is 9.10. The zero-order valence-corrected chi connectivity index (χ0v) is 11.3. The van der Waals surface area contributed by atoms with Crippen LogP contribution in [0, 0.1) is 0 Å². The highest BCUT2D eigenvalue weighted by Gasteiger charge is 2.11. The van der Waals surface area contributed by atoms with E-state index in [1.807, 2.05) is 6.92 Å². The second-order valence-corrected chi connectivity index (χ2v) is 6.65. The topological polar surface area (TPSA) is 46.2 Å². The van der Waals surface area contributed by atoms with Gasteiger partial charge in [0.1, 0.15) is 4.66 Å². The van der Waals surface area contributed by atoms with Gasteiger partial charge in [0.25, 0.3) is 0 Å². The molecule has 0 bridgehead atoms. The maximum atomic E-state index is 11.1. The third kappa shape index (κ3) is 7.76. The number of hydrogen-bond acceptors (Lipinski definition) is 2. The van der Waals surface area contributed by atoms with Gasteiger partial charge in [-0.05, 0) is 13.3 Å². The van der Waals surface area contributed by atoms with Gasteiger partial charge in [0.05, 0.1) is 0 Å². The van der Waals surface area contributed by atoms with Gasteiger partial charge >= 0.3 is 0 Å². The van der Waals surface area contributed by atoms with Crippen molar-refractivity contribution in [2.45, 2.75) is 52.0 Å². The first-order valence-electron chi connectivity index (χ1n) is 5.07. The van der Waals surface area contributed by atoms with Crippen LogP contribution in [0.5, 0.6) is 0 Å². The van der Waals surface area contributed by atoms with Crippen molar-refractivity contribution in [1.82, 2.24) is 4.72 Å². The molecule has 0 aromatic heterocycles. The van der Waals surface area contributed by atoms with Gasteiger partial charge in [-0.2, -0.15) is 0 Å². The summed E-state index contributed by atoms with van der Waals surface area (Å²) in [6.07, 6.45) is 5.66. The summed E-state index contributed by atoms with van der Waals surface area (Å²) < 4.78 is 24.9. The minimum atomic E-state index is -3.09. The number of alkyl halides is 1. The van der Waals surface area contributed by atoms with Gasteiger partial charge in [0, 0.05) is 6.04 Å². The molecule has 0 aliphatic heterocycles. The lowest BCUT2D eigenvalue weighted by atomic mass is 10.1. The fourth-order valence-corrected chi connectivity index (χ4v) is 2.46. The lowest BCUT2D eigenvalue weighted by molar-refractivity contribution is 0.524. The predicted octanol–water partition coefficient (Wildman–Crippen LogP) is 2.62. The molecule has 5 heteroatoms. The minimum Gasteiger partial charge on any atom is -0.212 e. The van der Waals surface area contributed by atoms with Crippen LogP contribution in [0.2, 0.25) is 0 Å². The van der Waals surface area contributed by atoms with Crippen LogP contribution in [0.1, 0.15) is 46.0 Å². The minimum absolute atomic E-state index is 0.0146. The molecular formula is C9H20BrNO2S. The highest BCUT2D eigenvalue weighted by atomic mass is 79.9. The van der Waals surface area contributed by atoms with Gasteiger partial charge in [0.15, 0.2) is 0 Å². The SMILES string of the molecule is CCCCCCC(C)NS(=O)(=O)CBr. The zero-order valence-electron chi connectivity index (χ0n) is 8.92. The normalized spacial score (nSPS) is 14.2. The van der Waals surface area contributed by atoms with E-state index < -0.39 is 10.0 Å². The van der Waals surface area contributed by atoms with Crippen molar-refractivity contribution in [3.63, 3.8) is 0 Å². The maximum Gasteiger partial charge on any atom is 0.221 e. The van der Waals surface area contributed by atoms with E-state index in [0.717, 1.165) is 12.8 Å². The molecule has 1 unspecified atom stereocenters. The van der Waals surface area contributed by atoms with Crippen molar-refractivity contribution in [3.05, 3.63) is 0 Å². The Bertz CT molecular complexity index is 229. The summed E-state index contributed by atoms with van der Waals surface area (Å²) in [5, 5.41) is 0.